The maximum Gasteiger partial charge on any atom is 0.274 e. The zero-order chi connectivity index (χ0) is 15.5. The molecule has 2 aliphatic rings. The highest BCUT2D eigenvalue weighted by molar-refractivity contribution is 5.93. The Morgan fingerprint density at radius 3 is 2.52 bits per heavy atom. The molecule has 1 saturated carbocycles. The Balaban J connectivity index is 0.000000272. The number of hydroxylamine groups is 1. The van der Waals surface area contributed by atoms with Crippen molar-refractivity contribution in [3.05, 3.63) is 34.9 Å². The summed E-state index contributed by atoms with van der Waals surface area (Å²) in [5, 5.41) is 8.52. The lowest BCUT2D eigenvalue weighted by Gasteiger charge is -2.25. The molecule has 0 unspecified atom stereocenters. The van der Waals surface area contributed by atoms with Crippen molar-refractivity contribution in [2.24, 2.45) is 5.41 Å². The number of rotatable bonds is 2. The van der Waals surface area contributed by atoms with E-state index >= 15 is 0 Å². The number of hydrogen-bond acceptors (Lipinski definition) is 3. The van der Waals surface area contributed by atoms with E-state index in [1.807, 2.05) is 6.07 Å². The van der Waals surface area contributed by atoms with Gasteiger partial charge in [0.25, 0.3) is 5.91 Å². The lowest BCUT2D eigenvalue weighted by atomic mass is 9.97. The second-order valence-corrected chi connectivity index (χ2v) is 6.41. The molecule has 2 N–H and O–H groups in total. The van der Waals surface area contributed by atoms with Gasteiger partial charge in [0.2, 0.25) is 6.41 Å². The van der Waals surface area contributed by atoms with Crippen LogP contribution in [0.5, 0.6) is 0 Å². The monoisotopic (exact) mass is 290 g/mol. The maximum absolute atomic E-state index is 11.2. The molecule has 21 heavy (non-hydrogen) atoms. The van der Waals surface area contributed by atoms with Crippen LogP contribution in [0.15, 0.2) is 18.2 Å². The van der Waals surface area contributed by atoms with Crippen LogP contribution in [0.2, 0.25) is 0 Å². The van der Waals surface area contributed by atoms with E-state index < -0.39 is 5.91 Å². The van der Waals surface area contributed by atoms with E-state index in [1.54, 1.807) is 22.5 Å². The van der Waals surface area contributed by atoms with Crippen LogP contribution in [0.1, 0.15) is 48.2 Å². The first-order valence-corrected chi connectivity index (χ1v) is 7.21. The van der Waals surface area contributed by atoms with Gasteiger partial charge in [0.15, 0.2) is 0 Å². The number of fused-ring (bicyclic) bond motifs is 1. The lowest BCUT2D eigenvalue weighted by molar-refractivity contribution is -0.118. The van der Waals surface area contributed by atoms with Crippen molar-refractivity contribution in [3.8, 4) is 0 Å². The molecular weight excluding hydrogens is 268 g/mol. The summed E-state index contributed by atoms with van der Waals surface area (Å²) in [6, 6.07) is 5.21. The lowest BCUT2D eigenvalue weighted by Crippen LogP contribution is -2.29. The fraction of sp³-hybridized carbons (Fsp3) is 0.500. The molecule has 1 aromatic carbocycles. The van der Waals surface area contributed by atoms with Crippen LogP contribution < -0.4 is 5.48 Å². The Kier molecular flexibility index (Phi) is 4.63. The van der Waals surface area contributed by atoms with Gasteiger partial charge in [-0.15, -0.1) is 0 Å². The molecule has 1 aromatic rings. The van der Waals surface area contributed by atoms with Gasteiger partial charge in [-0.05, 0) is 47.9 Å². The van der Waals surface area contributed by atoms with Gasteiger partial charge < -0.3 is 4.90 Å². The quantitative estimate of drug-likeness (QED) is 0.498. The summed E-state index contributed by atoms with van der Waals surface area (Å²) in [5.74, 6) is -0.513. The summed E-state index contributed by atoms with van der Waals surface area (Å²) in [5.41, 5.74) is 4.89. The van der Waals surface area contributed by atoms with Crippen LogP contribution in [-0.4, -0.2) is 29.0 Å². The van der Waals surface area contributed by atoms with Crippen molar-refractivity contribution >= 4 is 12.3 Å². The van der Waals surface area contributed by atoms with E-state index in [0.717, 1.165) is 29.4 Å². The largest absolute Gasteiger partial charge is 0.341 e. The first-order valence-electron chi connectivity index (χ1n) is 7.21. The standard InChI is InChI=1S/C11H12N2O3.C5H10/c14-7-13-4-3-8-5-9(11(15)12-16)1-2-10(8)6-13;1-5(2)3-4-5/h1-2,5,7,16H,3-4,6H2,(H,12,15);3-4H2,1-2H3. The van der Waals surface area contributed by atoms with Crippen molar-refractivity contribution in [2.45, 2.75) is 39.7 Å². The van der Waals surface area contributed by atoms with Crippen LogP contribution in [0.25, 0.3) is 0 Å². The highest BCUT2D eigenvalue weighted by Gasteiger charge is 2.30. The highest BCUT2D eigenvalue weighted by atomic mass is 16.5. The second kappa shape index (κ2) is 6.26. The highest BCUT2D eigenvalue weighted by Crippen LogP contribution is 2.43. The minimum Gasteiger partial charge on any atom is -0.341 e. The Hall–Kier alpha value is -1.88. The molecule has 5 nitrogen and oxygen atoms in total. The van der Waals surface area contributed by atoms with Gasteiger partial charge in [-0.25, -0.2) is 5.48 Å². The molecule has 114 valence electrons. The third-order valence-corrected chi connectivity index (χ3v) is 4.01. The average molecular weight is 290 g/mol. The van der Waals surface area contributed by atoms with Crippen molar-refractivity contribution < 1.29 is 14.8 Å². The molecule has 3 rings (SSSR count). The van der Waals surface area contributed by atoms with E-state index in [1.165, 1.54) is 12.8 Å². The topological polar surface area (TPSA) is 69.6 Å². The van der Waals surface area contributed by atoms with Crippen LogP contribution in [0.4, 0.5) is 0 Å². The summed E-state index contributed by atoms with van der Waals surface area (Å²) in [6.45, 7) is 5.85. The molecule has 0 spiro atoms. The van der Waals surface area contributed by atoms with Gasteiger partial charge in [-0.3, -0.25) is 14.8 Å². The van der Waals surface area contributed by atoms with Crippen molar-refractivity contribution in [1.82, 2.24) is 10.4 Å². The van der Waals surface area contributed by atoms with Gasteiger partial charge in [-0.1, -0.05) is 19.9 Å². The molecule has 2 amide bonds. The van der Waals surface area contributed by atoms with E-state index in [2.05, 4.69) is 13.8 Å². The Morgan fingerprint density at radius 2 is 2.00 bits per heavy atom. The number of hydrogen-bond donors (Lipinski definition) is 2. The normalized spacial score (nSPS) is 18.0. The molecule has 0 radical (unpaired) electrons. The molecule has 0 saturated heterocycles. The minimum atomic E-state index is -0.513. The van der Waals surface area contributed by atoms with Crippen LogP contribution in [-0.2, 0) is 17.8 Å². The van der Waals surface area contributed by atoms with E-state index in [-0.39, 0.29) is 0 Å². The number of carbonyl (C=O) groups is 2. The van der Waals surface area contributed by atoms with Crippen molar-refractivity contribution in [2.75, 3.05) is 6.54 Å². The average Bonchev–Trinajstić information content (AvgIpc) is 3.20. The molecule has 5 heteroatoms. The van der Waals surface area contributed by atoms with Crippen LogP contribution >= 0.6 is 0 Å². The Labute approximate surface area is 124 Å². The minimum absolute atomic E-state index is 0.431. The molecule has 0 atom stereocenters. The third-order valence-electron chi connectivity index (χ3n) is 4.01. The van der Waals surface area contributed by atoms with Gasteiger partial charge in [0, 0.05) is 18.7 Å². The summed E-state index contributed by atoms with van der Waals surface area (Å²) in [4.78, 5) is 23.5. The molecule has 1 heterocycles. The molecular formula is C16H22N2O3. The number of nitrogens with zero attached hydrogens (tertiary/aromatic N) is 1. The molecule has 1 aliphatic heterocycles. The van der Waals surface area contributed by atoms with Gasteiger partial charge in [0.05, 0.1) is 0 Å². The van der Waals surface area contributed by atoms with Crippen LogP contribution in [0.3, 0.4) is 0 Å². The van der Waals surface area contributed by atoms with Gasteiger partial charge in [-0.2, -0.15) is 0 Å². The first-order chi connectivity index (χ1) is 9.95. The predicted octanol–water partition coefficient (Wildman–Crippen LogP) is 2.13. The third kappa shape index (κ3) is 4.29. The van der Waals surface area contributed by atoms with Gasteiger partial charge in [0.1, 0.15) is 0 Å². The second-order valence-electron chi connectivity index (χ2n) is 6.41. The van der Waals surface area contributed by atoms with E-state index in [9.17, 15) is 9.59 Å². The number of carbonyl (C=O) groups excluding carboxylic acids is 2. The molecule has 1 fully saturated rings. The summed E-state index contributed by atoms with van der Waals surface area (Å²) in [6.07, 6.45) is 4.47. The molecule has 0 bridgehead atoms. The number of nitrogens with one attached hydrogen (secondary N) is 1. The summed E-state index contributed by atoms with van der Waals surface area (Å²) < 4.78 is 0. The Morgan fingerprint density at radius 1 is 1.33 bits per heavy atom. The summed E-state index contributed by atoms with van der Waals surface area (Å²) in [7, 11) is 0. The van der Waals surface area contributed by atoms with E-state index in [4.69, 9.17) is 5.21 Å². The van der Waals surface area contributed by atoms with E-state index in [0.29, 0.717) is 18.7 Å². The zero-order valence-corrected chi connectivity index (χ0v) is 12.6. The number of amides is 2. The fourth-order valence-electron chi connectivity index (χ4n) is 2.12. The number of benzene rings is 1. The maximum atomic E-state index is 11.2. The Bertz CT molecular complexity index is 534. The first kappa shape index (κ1) is 15.5. The smallest absolute Gasteiger partial charge is 0.274 e. The molecule has 0 aromatic heterocycles. The van der Waals surface area contributed by atoms with Crippen LogP contribution in [0, 0.1) is 5.41 Å². The summed E-state index contributed by atoms with van der Waals surface area (Å²) >= 11 is 0. The fourth-order valence-corrected chi connectivity index (χ4v) is 2.12. The predicted molar refractivity (Wildman–Crippen MR) is 78.9 cm³/mol. The zero-order valence-electron chi connectivity index (χ0n) is 12.6. The van der Waals surface area contributed by atoms with Crippen molar-refractivity contribution in [3.63, 3.8) is 0 Å². The molecule has 1 aliphatic carbocycles. The van der Waals surface area contributed by atoms with Crippen molar-refractivity contribution in [1.29, 1.82) is 0 Å². The SMILES string of the molecule is CC1(C)CC1.O=CN1CCc2cc(C(=O)NO)ccc2C1. The van der Waals surface area contributed by atoms with Gasteiger partial charge >= 0.3 is 0 Å².